The van der Waals surface area contributed by atoms with E-state index >= 15 is 0 Å². The molecule has 0 saturated heterocycles. The fraction of sp³-hybridized carbons (Fsp3) is 0.684. The Morgan fingerprint density at radius 3 is 2.68 bits per heavy atom. The number of aliphatic imine (C=N–C) groups is 1. The molecule has 0 aliphatic carbocycles. The van der Waals surface area contributed by atoms with Gasteiger partial charge in [0.05, 0.1) is 0 Å². The summed E-state index contributed by atoms with van der Waals surface area (Å²) >= 11 is 0. The van der Waals surface area contributed by atoms with E-state index in [0.29, 0.717) is 6.04 Å². The van der Waals surface area contributed by atoms with Gasteiger partial charge in [-0.3, -0.25) is 9.79 Å². The molecule has 25 heavy (non-hydrogen) atoms. The van der Waals surface area contributed by atoms with Crippen LogP contribution >= 0.6 is 24.0 Å². The van der Waals surface area contributed by atoms with Gasteiger partial charge in [0.1, 0.15) is 0 Å². The van der Waals surface area contributed by atoms with Crippen LogP contribution in [0, 0.1) is 0 Å². The molecule has 0 aliphatic heterocycles. The van der Waals surface area contributed by atoms with Crippen LogP contribution in [-0.4, -0.2) is 29.7 Å². The molecular weight excluding hydrogens is 427 g/mol. The largest absolute Gasteiger partial charge is 0.357 e. The minimum absolute atomic E-state index is 0. The summed E-state index contributed by atoms with van der Waals surface area (Å²) in [5, 5.41) is 6.78. The lowest BCUT2D eigenvalue weighted by molar-refractivity contribution is 0.545. The Morgan fingerprint density at radius 2 is 2.00 bits per heavy atom. The first-order chi connectivity index (χ1) is 11.7. The highest BCUT2D eigenvalue weighted by atomic mass is 127. The van der Waals surface area contributed by atoms with Gasteiger partial charge >= 0.3 is 0 Å². The third-order valence-corrected chi connectivity index (χ3v) is 3.94. The summed E-state index contributed by atoms with van der Waals surface area (Å²) in [4.78, 5) is 16.3. The SMILES string of the molecule is CCCCCC(C)NC(=NCCCCn1ccccc1=O)NCC.I. The second-order valence-electron chi connectivity index (χ2n) is 6.24. The maximum Gasteiger partial charge on any atom is 0.250 e. The van der Waals surface area contributed by atoms with Crippen LogP contribution in [0.15, 0.2) is 34.2 Å². The molecule has 1 atom stereocenters. The van der Waals surface area contributed by atoms with Gasteiger partial charge in [0.25, 0.3) is 0 Å². The molecule has 1 aromatic rings. The molecule has 0 amide bonds. The van der Waals surface area contributed by atoms with E-state index in [1.807, 2.05) is 12.3 Å². The van der Waals surface area contributed by atoms with Crippen LogP contribution in [0.25, 0.3) is 0 Å². The highest BCUT2D eigenvalue weighted by molar-refractivity contribution is 14.0. The summed E-state index contributed by atoms with van der Waals surface area (Å²) in [7, 11) is 0. The average Bonchev–Trinajstić information content (AvgIpc) is 2.56. The van der Waals surface area contributed by atoms with Crippen molar-refractivity contribution in [3.05, 3.63) is 34.7 Å². The summed E-state index contributed by atoms with van der Waals surface area (Å²) in [5.41, 5.74) is 0.0666. The highest BCUT2D eigenvalue weighted by Gasteiger charge is 2.04. The van der Waals surface area contributed by atoms with Crippen LogP contribution in [-0.2, 0) is 6.54 Å². The lowest BCUT2D eigenvalue weighted by Crippen LogP contribution is -2.42. The first kappa shape index (κ1) is 23.9. The van der Waals surface area contributed by atoms with E-state index in [1.165, 1.54) is 25.7 Å². The number of unbranched alkanes of at least 4 members (excludes halogenated alkanes) is 3. The number of nitrogens with one attached hydrogen (secondary N) is 2. The number of aryl methyl sites for hydroxylation is 1. The molecule has 144 valence electrons. The van der Waals surface area contributed by atoms with Crippen molar-refractivity contribution in [1.82, 2.24) is 15.2 Å². The Bertz CT molecular complexity index is 530. The van der Waals surface area contributed by atoms with Gasteiger partial charge in [-0.15, -0.1) is 24.0 Å². The van der Waals surface area contributed by atoms with Crippen molar-refractivity contribution in [2.45, 2.75) is 71.9 Å². The van der Waals surface area contributed by atoms with Gasteiger partial charge in [0.2, 0.25) is 5.56 Å². The number of hydrogen-bond donors (Lipinski definition) is 2. The third-order valence-electron chi connectivity index (χ3n) is 3.94. The smallest absolute Gasteiger partial charge is 0.250 e. The monoisotopic (exact) mass is 462 g/mol. The summed E-state index contributed by atoms with van der Waals surface area (Å²) in [6.07, 6.45) is 8.76. The summed E-state index contributed by atoms with van der Waals surface area (Å²) in [6.45, 7) is 8.93. The molecule has 1 heterocycles. The summed E-state index contributed by atoms with van der Waals surface area (Å²) in [6, 6.07) is 5.72. The number of hydrogen-bond acceptors (Lipinski definition) is 2. The van der Waals surface area contributed by atoms with E-state index in [1.54, 1.807) is 16.7 Å². The average molecular weight is 462 g/mol. The predicted octanol–water partition coefficient (Wildman–Crippen LogP) is 3.77. The number of rotatable bonds is 11. The maximum absolute atomic E-state index is 11.6. The van der Waals surface area contributed by atoms with Crippen molar-refractivity contribution < 1.29 is 0 Å². The fourth-order valence-electron chi connectivity index (χ4n) is 2.56. The van der Waals surface area contributed by atoms with Crippen LogP contribution in [0.2, 0.25) is 0 Å². The first-order valence-corrected chi connectivity index (χ1v) is 9.37. The molecule has 0 bridgehead atoms. The van der Waals surface area contributed by atoms with Gasteiger partial charge in [-0.05, 0) is 39.2 Å². The van der Waals surface area contributed by atoms with Gasteiger partial charge in [-0.1, -0.05) is 32.3 Å². The summed E-state index contributed by atoms with van der Waals surface area (Å²) < 4.78 is 1.75. The first-order valence-electron chi connectivity index (χ1n) is 9.37. The Labute approximate surface area is 169 Å². The molecule has 1 rings (SSSR count). The van der Waals surface area contributed by atoms with E-state index in [2.05, 4.69) is 36.4 Å². The number of halogens is 1. The quantitative estimate of drug-likeness (QED) is 0.228. The summed E-state index contributed by atoms with van der Waals surface area (Å²) in [5.74, 6) is 0.901. The molecule has 0 saturated carbocycles. The molecular formula is C19H35IN4O. The molecule has 1 unspecified atom stereocenters. The van der Waals surface area contributed by atoms with Crippen molar-refractivity contribution in [3.63, 3.8) is 0 Å². The highest BCUT2D eigenvalue weighted by Crippen LogP contribution is 2.02. The lowest BCUT2D eigenvalue weighted by Gasteiger charge is -2.17. The van der Waals surface area contributed by atoms with Crippen LogP contribution in [0.3, 0.4) is 0 Å². The van der Waals surface area contributed by atoms with Crippen LogP contribution < -0.4 is 16.2 Å². The maximum atomic E-state index is 11.6. The van der Waals surface area contributed by atoms with Crippen LogP contribution in [0.4, 0.5) is 0 Å². The van der Waals surface area contributed by atoms with Gasteiger partial charge in [0, 0.05) is 37.9 Å². The lowest BCUT2D eigenvalue weighted by atomic mass is 10.1. The van der Waals surface area contributed by atoms with Crippen LogP contribution in [0.1, 0.15) is 59.3 Å². The molecule has 0 spiro atoms. The number of aromatic nitrogens is 1. The molecule has 0 fully saturated rings. The Morgan fingerprint density at radius 1 is 1.20 bits per heavy atom. The molecule has 1 aromatic heterocycles. The van der Waals surface area contributed by atoms with E-state index in [9.17, 15) is 4.79 Å². The zero-order valence-electron chi connectivity index (χ0n) is 16.0. The molecule has 0 aliphatic rings. The number of pyridine rings is 1. The Kier molecular flexibility index (Phi) is 14.6. The number of nitrogens with zero attached hydrogens (tertiary/aromatic N) is 2. The third kappa shape index (κ3) is 11.2. The van der Waals surface area contributed by atoms with Crippen molar-refractivity contribution in [3.8, 4) is 0 Å². The molecule has 6 heteroatoms. The van der Waals surface area contributed by atoms with Crippen molar-refractivity contribution >= 4 is 29.9 Å². The second-order valence-corrected chi connectivity index (χ2v) is 6.24. The van der Waals surface area contributed by atoms with Crippen LogP contribution in [0.5, 0.6) is 0 Å². The van der Waals surface area contributed by atoms with Crippen molar-refractivity contribution in [2.24, 2.45) is 4.99 Å². The molecule has 0 radical (unpaired) electrons. The molecule has 5 nitrogen and oxygen atoms in total. The van der Waals surface area contributed by atoms with Gasteiger partial charge in [0.15, 0.2) is 5.96 Å². The normalized spacial score (nSPS) is 12.4. The van der Waals surface area contributed by atoms with E-state index in [0.717, 1.165) is 38.4 Å². The number of guanidine groups is 1. The molecule has 0 aromatic carbocycles. The van der Waals surface area contributed by atoms with Gasteiger partial charge in [-0.25, -0.2) is 0 Å². The zero-order chi connectivity index (χ0) is 17.6. The molecule has 2 N–H and O–H groups in total. The van der Waals surface area contributed by atoms with E-state index in [4.69, 9.17) is 0 Å². The standard InChI is InChI=1S/C19H34N4O.HI/c1-4-6-7-12-17(3)22-19(20-5-2)21-14-9-11-16-23-15-10-8-13-18(23)24;/h8,10,13,15,17H,4-7,9,11-12,14,16H2,1-3H3,(H2,20,21,22);1H. The van der Waals surface area contributed by atoms with Gasteiger partial charge < -0.3 is 15.2 Å². The Balaban J connectivity index is 0.00000576. The zero-order valence-corrected chi connectivity index (χ0v) is 18.3. The second kappa shape index (κ2) is 15.2. The minimum atomic E-state index is 0. The Hall–Kier alpha value is -1.05. The predicted molar refractivity (Wildman–Crippen MR) is 118 cm³/mol. The minimum Gasteiger partial charge on any atom is -0.357 e. The van der Waals surface area contributed by atoms with Crippen molar-refractivity contribution in [2.75, 3.05) is 13.1 Å². The fourth-order valence-corrected chi connectivity index (χ4v) is 2.56. The van der Waals surface area contributed by atoms with E-state index < -0.39 is 0 Å². The van der Waals surface area contributed by atoms with Gasteiger partial charge in [-0.2, -0.15) is 0 Å². The van der Waals surface area contributed by atoms with Crippen molar-refractivity contribution in [1.29, 1.82) is 0 Å². The van der Waals surface area contributed by atoms with E-state index in [-0.39, 0.29) is 29.5 Å². The topological polar surface area (TPSA) is 58.4 Å².